The molecule has 0 saturated heterocycles. The van der Waals surface area contributed by atoms with Gasteiger partial charge in [0.15, 0.2) is 4.34 Å². The smallest absolute Gasteiger partial charge is 0.321 e. The number of carboxylic acid groups (broad SMARTS) is 1. The van der Waals surface area contributed by atoms with Crippen LogP contribution < -0.4 is 10.6 Å². The highest BCUT2D eigenvalue weighted by Crippen LogP contribution is 2.22. The van der Waals surface area contributed by atoms with E-state index in [2.05, 4.69) is 15.6 Å². The van der Waals surface area contributed by atoms with E-state index in [9.17, 15) is 14.4 Å². The summed E-state index contributed by atoms with van der Waals surface area (Å²) >= 11 is 2.43. The first kappa shape index (κ1) is 16.4. The van der Waals surface area contributed by atoms with E-state index in [0.717, 1.165) is 11.8 Å². The fourth-order valence-corrected chi connectivity index (χ4v) is 2.82. The third-order valence-electron chi connectivity index (χ3n) is 1.86. The quantitative estimate of drug-likeness (QED) is 0.678. The minimum Gasteiger partial charge on any atom is -0.481 e. The van der Waals surface area contributed by atoms with E-state index in [1.165, 1.54) is 11.3 Å². The minimum atomic E-state index is -0.949. The largest absolute Gasteiger partial charge is 0.481 e. The van der Waals surface area contributed by atoms with Gasteiger partial charge < -0.3 is 10.4 Å². The maximum atomic E-state index is 11.5. The van der Waals surface area contributed by atoms with E-state index >= 15 is 0 Å². The molecule has 3 N–H and O–H groups in total. The Balaban J connectivity index is 2.35. The number of thiazole rings is 1. The molecule has 110 valence electrons. The SMILES string of the molecule is CC(C)NC(=O)NC(=O)CSc1nc(CC(=O)O)cs1. The molecule has 1 heterocycles. The molecule has 0 fully saturated rings. The predicted octanol–water partition coefficient (Wildman–Crippen LogP) is 1.10. The van der Waals surface area contributed by atoms with Gasteiger partial charge in [-0.1, -0.05) is 11.8 Å². The van der Waals surface area contributed by atoms with Gasteiger partial charge >= 0.3 is 12.0 Å². The standard InChI is InChI=1S/C11H15N3O4S2/c1-6(2)12-10(18)14-8(15)5-20-11-13-7(4-19-11)3-9(16)17/h4,6H,3,5H2,1-2H3,(H,16,17)(H2,12,14,15,18). The van der Waals surface area contributed by atoms with Gasteiger partial charge in [0.2, 0.25) is 5.91 Å². The van der Waals surface area contributed by atoms with Crippen LogP contribution in [0.15, 0.2) is 9.72 Å². The molecule has 0 bridgehead atoms. The van der Waals surface area contributed by atoms with Crippen LogP contribution in [0, 0.1) is 0 Å². The zero-order chi connectivity index (χ0) is 15.1. The first-order valence-corrected chi connectivity index (χ1v) is 7.62. The van der Waals surface area contributed by atoms with Gasteiger partial charge in [-0.05, 0) is 13.8 Å². The van der Waals surface area contributed by atoms with E-state index in [4.69, 9.17) is 5.11 Å². The molecular weight excluding hydrogens is 302 g/mol. The molecule has 9 heteroatoms. The lowest BCUT2D eigenvalue weighted by Gasteiger charge is -2.08. The summed E-state index contributed by atoms with van der Waals surface area (Å²) in [6.07, 6.45) is -0.139. The molecule has 0 aliphatic rings. The Morgan fingerprint density at radius 3 is 2.75 bits per heavy atom. The summed E-state index contributed by atoms with van der Waals surface area (Å²) in [7, 11) is 0. The van der Waals surface area contributed by atoms with Crippen molar-refractivity contribution in [2.45, 2.75) is 30.6 Å². The second-order valence-electron chi connectivity index (χ2n) is 4.14. The Morgan fingerprint density at radius 2 is 2.15 bits per heavy atom. The number of hydrogen-bond donors (Lipinski definition) is 3. The first-order valence-electron chi connectivity index (χ1n) is 5.76. The number of nitrogens with one attached hydrogen (secondary N) is 2. The van der Waals surface area contributed by atoms with Gasteiger partial charge in [0, 0.05) is 11.4 Å². The Bertz CT molecular complexity index is 502. The minimum absolute atomic E-state index is 0.0472. The number of hydrogen-bond acceptors (Lipinski definition) is 6. The molecule has 7 nitrogen and oxygen atoms in total. The number of aliphatic carboxylic acids is 1. The summed E-state index contributed by atoms with van der Waals surface area (Å²) in [6, 6.07) is -0.579. The Morgan fingerprint density at radius 1 is 1.45 bits per heavy atom. The van der Waals surface area contributed by atoms with Crippen LogP contribution in [0.25, 0.3) is 0 Å². The molecule has 1 rings (SSSR count). The van der Waals surface area contributed by atoms with Crippen molar-refractivity contribution in [3.05, 3.63) is 11.1 Å². The van der Waals surface area contributed by atoms with Gasteiger partial charge in [-0.15, -0.1) is 11.3 Å². The van der Waals surface area contributed by atoms with Crippen LogP contribution in [0.2, 0.25) is 0 Å². The van der Waals surface area contributed by atoms with Crippen LogP contribution in [0.5, 0.6) is 0 Å². The molecule has 0 spiro atoms. The zero-order valence-electron chi connectivity index (χ0n) is 11.0. The fourth-order valence-electron chi connectivity index (χ4n) is 1.18. The van der Waals surface area contributed by atoms with E-state index in [0.29, 0.717) is 10.0 Å². The third kappa shape index (κ3) is 6.53. The topological polar surface area (TPSA) is 108 Å². The van der Waals surface area contributed by atoms with Crippen LogP contribution in [0.3, 0.4) is 0 Å². The molecule has 1 aromatic rings. The summed E-state index contributed by atoms with van der Waals surface area (Å²) in [5.41, 5.74) is 0.461. The number of carbonyl (C=O) groups is 3. The van der Waals surface area contributed by atoms with E-state index in [-0.39, 0.29) is 18.2 Å². The maximum absolute atomic E-state index is 11.5. The second kappa shape index (κ2) is 7.85. The lowest BCUT2D eigenvalue weighted by molar-refractivity contribution is -0.136. The Hall–Kier alpha value is -1.61. The van der Waals surface area contributed by atoms with Crippen molar-refractivity contribution < 1.29 is 19.5 Å². The number of rotatable bonds is 6. The summed E-state index contributed by atoms with van der Waals surface area (Å²) in [6.45, 7) is 3.58. The molecule has 0 unspecified atom stereocenters. The molecule has 0 aliphatic carbocycles. The highest BCUT2D eigenvalue weighted by atomic mass is 32.2. The average molecular weight is 317 g/mol. The first-order chi connectivity index (χ1) is 9.36. The number of nitrogens with zero attached hydrogens (tertiary/aromatic N) is 1. The monoisotopic (exact) mass is 317 g/mol. The summed E-state index contributed by atoms with van der Waals surface area (Å²) in [4.78, 5) is 37.3. The van der Waals surface area contributed by atoms with Gasteiger partial charge in [-0.3, -0.25) is 14.9 Å². The van der Waals surface area contributed by atoms with Crippen molar-refractivity contribution in [2.24, 2.45) is 0 Å². The lowest BCUT2D eigenvalue weighted by atomic mass is 10.3. The van der Waals surface area contributed by atoms with Crippen molar-refractivity contribution in [1.82, 2.24) is 15.6 Å². The van der Waals surface area contributed by atoms with Crippen molar-refractivity contribution in [1.29, 1.82) is 0 Å². The van der Waals surface area contributed by atoms with E-state index < -0.39 is 17.9 Å². The number of carbonyl (C=O) groups excluding carboxylic acids is 2. The summed E-state index contributed by atoms with van der Waals surface area (Å²) < 4.78 is 0.598. The molecular formula is C11H15N3O4S2. The van der Waals surface area contributed by atoms with Crippen LogP contribution >= 0.6 is 23.1 Å². The van der Waals surface area contributed by atoms with Crippen molar-refractivity contribution in [2.75, 3.05) is 5.75 Å². The number of thioether (sulfide) groups is 1. The molecule has 1 aromatic heterocycles. The highest BCUT2D eigenvalue weighted by molar-refractivity contribution is 8.01. The van der Waals surface area contributed by atoms with Crippen LogP contribution in [0.4, 0.5) is 4.79 Å². The lowest BCUT2D eigenvalue weighted by Crippen LogP contribution is -2.43. The van der Waals surface area contributed by atoms with Crippen LogP contribution in [-0.4, -0.2) is 39.8 Å². The van der Waals surface area contributed by atoms with Gasteiger partial charge in [-0.25, -0.2) is 9.78 Å². The average Bonchev–Trinajstić information content (AvgIpc) is 2.71. The van der Waals surface area contributed by atoms with Gasteiger partial charge in [0.05, 0.1) is 17.9 Å². The molecule has 0 atom stereocenters. The van der Waals surface area contributed by atoms with Gasteiger partial charge in [0.25, 0.3) is 0 Å². The maximum Gasteiger partial charge on any atom is 0.321 e. The molecule has 20 heavy (non-hydrogen) atoms. The number of amides is 3. The number of aromatic nitrogens is 1. The Kier molecular flexibility index (Phi) is 6.46. The molecule has 0 aromatic carbocycles. The van der Waals surface area contributed by atoms with Crippen LogP contribution in [-0.2, 0) is 16.0 Å². The van der Waals surface area contributed by atoms with Gasteiger partial charge in [-0.2, -0.15) is 0 Å². The number of carboxylic acids is 1. The van der Waals surface area contributed by atoms with Gasteiger partial charge in [0.1, 0.15) is 0 Å². The van der Waals surface area contributed by atoms with Crippen LogP contribution in [0.1, 0.15) is 19.5 Å². The van der Waals surface area contributed by atoms with Crippen molar-refractivity contribution in [3.63, 3.8) is 0 Å². The number of urea groups is 1. The summed E-state index contributed by atoms with van der Waals surface area (Å²) in [5, 5.41) is 15.0. The Labute approximate surface area is 124 Å². The zero-order valence-corrected chi connectivity index (χ0v) is 12.6. The molecule has 0 saturated carbocycles. The fraction of sp³-hybridized carbons (Fsp3) is 0.455. The predicted molar refractivity (Wildman–Crippen MR) is 76.0 cm³/mol. The second-order valence-corrected chi connectivity index (χ2v) is 6.22. The third-order valence-corrected chi connectivity index (χ3v) is 3.93. The number of imide groups is 1. The molecule has 0 radical (unpaired) electrons. The normalized spacial score (nSPS) is 10.3. The highest BCUT2D eigenvalue weighted by Gasteiger charge is 2.11. The van der Waals surface area contributed by atoms with E-state index in [1.54, 1.807) is 19.2 Å². The van der Waals surface area contributed by atoms with Crippen molar-refractivity contribution in [3.8, 4) is 0 Å². The molecule has 3 amide bonds. The van der Waals surface area contributed by atoms with Crippen molar-refractivity contribution >= 4 is 41.0 Å². The molecule has 0 aliphatic heterocycles. The van der Waals surface area contributed by atoms with E-state index in [1.807, 2.05) is 0 Å². The summed E-state index contributed by atoms with van der Waals surface area (Å²) in [5.74, 6) is -1.33.